The number of aromatic nitrogens is 2. The number of H-pyrrole nitrogens is 1. The Bertz CT molecular complexity index is 625. The first-order valence-electron chi connectivity index (χ1n) is 5.44. The van der Waals surface area contributed by atoms with Gasteiger partial charge in [-0.3, -0.25) is 9.89 Å². The average Bonchev–Trinajstić information content (AvgIpc) is 2.76. The van der Waals surface area contributed by atoms with Gasteiger partial charge >= 0.3 is 0 Å². The Balaban J connectivity index is 2.15. The van der Waals surface area contributed by atoms with Gasteiger partial charge in [0.05, 0.1) is 15.3 Å². The van der Waals surface area contributed by atoms with Gasteiger partial charge in [-0.1, -0.05) is 0 Å². The lowest BCUT2D eigenvalue weighted by molar-refractivity contribution is 0.0948. The molecular formula is C12H11I2N3O2. The minimum Gasteiger partial charge on any atom is -0.506 e. The second kappa shape index (κ2) is 6.07. The van der Waals surface area contributed by atoms with E-state index in [0.717, 1.165) is 14.8 Å². The Morgan fingerprint density at radius 2 is 2.21 bits per heavy atom. The maximum absolute atomic E-state index is 12.1. The number of aromatic amines is 1. The largest absolute Gasteiger partial charge is 0.506 e. The highest BCUT2D eigenvalue weighted by atomic mass is 127. The molecule has 0 saturated heterocycles. The van der Waals surface area contributed by atoms with Crippen LogP contribution in [0, 0.1) is 14.1 Å². The second-order valence-corrected chi connectivity index (χ2v) is 6.39. The van der Waals surface area contributed by atoms with E-state index in [1.54, 1.807) is 12.3 Å². The number of halogens is 2. The number of hydrogen-bond donors (Lipinski definition) is 3. The first-order chi connectivity index (χ1) is 8.99. The van der Waals surface area contributed by atoms with E-state index in [2.05, 4.69) is 38.1 Å². The monoisotopic (exact) mass is 483 g/mol. The Kier molecular flexibility index (Phi) is 4.66. The molecule has 3 N–H and O–H groups in total. The van der Waals surface area contributed by atoms with Crippen molar-refractivity contribution in [2.75, 3.05) is 0 Å². The maximum atomic E-state index is 12.1. The molecule has 1 aromatic heterocycles. The van der Waals surface area contributed by atoms with E-state index in [0.29, 0.717) is 10.1 Å². The third-order valence-corrected chi connectivity index (χ3v) is 4.09. The molecule has 0 fully saturated rings. The molecule has 0 aliphatic heterocycles. The highest BCUT2D eigenvalue weighted by Gasteiger charge is 2.15. The predicted octanol–water partition coefficient (Wildman–Crippen LogP) is 2.56. The molecule has 0 atom stereocenters. The summed E-state index contributed by atoms with van der Waals surface area (Å²) in [6.45, 7) is 2.27. The molecule has 100 valence electrons. The fourth-order valence-corrected chi connectivity index (χ4v) is 3.41. The van der Waals surface area contributed by atoms with Crippen LogP contribution in [0.5, 0.6) is 5.75 Å². The van der Waals surface area contributed by atoms with E-state index in [-0.39, 0.29) is 17.2 Å². The van der Waals surface area contributed by atoms with Gasteiger partial charge in [0.2, 0.25) is 0 Å². The number of carbonyl (C=O) groups excluding carboxylic acids is 1. The summed E-state index contributed by atoms with van der Waals surface area (Å²) in [7, 11) is 0. The molecule has 2 aromatic rings. The highest BCUT2D eigenvalue weighted by Crippen LogP contribution is 2.26. The van der Waals surface area contributed by atoms with E-state index >= 15 is 0 Å². The predicted molar refractivity (Wildman–Crippen MR) is 88.0 cm³/mol. The van der Waals surface area contributed by atoms with Crippen molar-refractivity contribution in [3.05, 3.63) is 42.3 Å². The molecule has 5 nitrogen and oxygen atoms in total. The number of aromatic hydroxyl groups is 1. The third kappa shape index (κ3) is 3.38. The zero-order valence-electron chi connectivity index (χ0n) is 10.00. The van der Waals surface area contributed by atoms with Gasteiger partial charge in [0.25, 0.3) is 5.91 Å². The van der Waals surface area contributed by atoms with Crippen molar-refractivity contribution in [3.63, 3.8) is 0 Å². The normalized spacial score (nSPS) is 10.5. The van der Waals surface area contributed by atoms with Crippen LogP contribution in [-0.4, -0.2) is 21.2 Å². The number of nitrogens with zero attached hydrogens (tertiary/aromatic N) is 1. The smallest absolute Gasteiger partial charge is 0.255 e. The van der Waals surface area contributed by atoms with Gasteiger partial charge in [-0.05, 0) is 64.2 Å². The van der Waals surface area contributed by atoms with Gasteiger partial charge in [0.15, 0.2) is 0 Å². The number of phenols is 1. The van der Waals surface area contributed by atoms with Crippen LogP contribution in [0.1, 0.15) is 21.6 Å². The fraction of sp³-hybridized carbons (Fsp3) is 0.167. The summed E-state index contributed by atoms with van der Waals surface area (Å²) in [6, 6.07) is 3.48. The molecule has 0 bridgehead atoms. The Morgan fingerprint density at radius 1 is 1.47 bits per heavy atom. The van der Waals surface area contributed by atoms with Crippen LogP contribution in [0.25, 0.3) is 0 Å². The van der Waals surface area contributed by atoms with Crippen molar-refractivity contribution in [2.45, 2.75) is 13.5 Å². The number of hydrogen-bond acceptors (Lipinski definition) is 3. The first kappa shape index (κ1) is 14.6. The van der Waals surface area contributed by atoms with Crippen LogP contribution in [0.4, 0.5) is 0 Å². The van der Waals surface area contributed by atoms with Gasteiger partial charge in [-0.25, -0.2) is 0 Å². The molecule has 0 aliphatic carbocycles. The van der Waals surface area contributed by atoms with Gasteiger partial charge < -0.3 is 10.4 Å². The molecule has 2 rings (SSSR count). The van der Waals surface area contributed by atoms with E-state index in [1.807, 2.05) is 35.6 Å². The lowest BCUT2D eigenvalue weighted by Gasteiger charge is -2.08. The van der Waals surface area contributed by atoms with Crippen LogP contribution in [0.15, 0.2) is 18.3 Å². The van der Waals surface area contributed by atoms with Crippen molar-refractivity contribution < 1.29 is 9.90 Å². The number of phenolic OH excluding ortho intramolecular Hbond substituents is 1. The number of benzene rings is 1. The van der Waals surface area contributed by atoms with Crippen molar-refractivity contribution in [3.8, 4) is 5.75 Å². The van der Waals surface area contributed by atoms with Crippen LogP contribution < -0.4 is 5.32 Å². The van der Waals surface area contributed by atoms with Crippen LogP contribution in [0.3, 0.4) is 0 Å². The third-order valence-electron chi connectivity index (χ3n) is 2.65. The number of carbonyl (C=O) groups is 1. The van der Waals surface area contributed by atoms with E-state index in [1.165, 1.54) is 0 Å². The van der Waals surface area contributed by atoms with Crippen molar-refractivity contribution in [2.24, 2.45) is 0 Å². The summed E-state index contributed by atoms with van der Waals surface area (Å²) in [5.74, 6) is -0.281. The van der Waals surface area contributed by atoms with Gasteiger partial charge in [0.1, 0.15) is 5.75 Å². The summed E-state index contributed by atoms with van der Waals surface area (Å²) in [4.78, 5) is 12.1. The fourth-order valence-electron chi connectivity index (χ4n) is 1.56. The number of aryl methyl sites for hydroxylation is 1. The first-order valence-corrected chi connectivity index (χ1v) is 7.60. The Hall–Kier alpha value is -0.840. The molecule has 0 saturated carbocycles. The Morgan fingerprint density at radius 3 is 2.84 bits per heavy atom. The van der Waals surface area contributed by atoms with Crippen molar-refractivity contribution >= 4 is 51.1 Å². The average molecular weight is 483 g/mol. The number of amides is 1. The van der Waals surface area contributed by atoms with Crippen LogP contribution in [-0.2, 0) is 6.54 Å². The quantitative estimate of drug-likeness (QED) is 0.588. The van der Waals surface area contributed by atoms with E-state index in [9.17, 15) is 9.90 Å². The lowest BCUT2D eigenvalue weighted by Crippen LogP contribution is -2.23. The van der Waals surface area contributed by atoms with Crippen LogP contribution >= 0.6 is 45.2 Å². The highest BCUT2D eigenvalue weighted by molar-refractivity contribution is 14.1. The lowest BCUT2D eigenvalue weighted by atomic mass is 10.2. The topological polar surface area (TPSA) is 78.0 Å². The van der Waals surface area contributed by atoms with Crippen molar-refractivity contribution in [1.29, 1.82) is 0 Å². The summed E-state index contributed by atoms with van der Waals surface area (Å²) in [6.07, 6.45) is 1.67. The maximum Gasteiger partial charge on any atom is 0.255 e. The molecule has 19 heavy (non-hydrogen) atoms. The number of rotatable bonds is 3. The minimum absolute atomic E-state index is 0.0161. The van der Waals surface area contributed by atoms with Gasteiger partial charge in [-0.2, -0.15) is 5.10 Å². The summed E-state index contributed by atoms with van der Waals surface area (Å²) < 4.78 is 1.57. The van der Waals surface area contributed by atoms with E-state index in [4.69, 9.17) is 0 Å². The SMILES string of the molecule is Cc1[nH]ncc1CNC(=O)c1cc(I)cc(I)c1O. The minimum atomic E-state index is -0.297. The zero-order valence-corrected chi connectivity index (χ0v) is 14.3. The van der Waals surface area contributed by atoms with E-state index < -0.39 is 0 Å². The molecule has 1 aromatic carbocycles. The summed E-state index contributed by atoms with van der Waals surface area (Å²) in [5.41, 5.74) is 2.13. The molecule has 0 aliphatic rings. The standard InChI is InChI=1S/C12H11I2N3O2/c1-6-7(5-16-17-6)4-15-12(19)9-2-8(13)3-10(14)11(9)18/h2-3,5,18H,4H2,1H3,(H,15,19)(H,16,17). The summed E-state index contributed by atoms with van der Waals surface area (Å²) in [5, 5.41) is 19.4. The van der Waals surface area contributed by atoms with Gasteiger partial charge in [-0.15, -0.1) is 0 Å². The van der Waals surface area contributed by atoms with Gasteiger partial charge in [0, 0.05) is 21.4 Å². The van der Waals surface area contributed by atoms with Crippen molar-refractivity contribution in [1.82, 2.24) is 15.5 Å². The Labute approximate surface area is 137 Å². The molecule has 0 radical (unpaired) electrons. The zero-order chi connectivity index (χ0) is 14.0. The molecular weight excluding hydrogens is 472 g/mol. The molecule has 7 heteroatoms. The summed E-state index contributed by atoms with van der Waals surface area (Å²) >= 11 is 4.12. The molecule has 1 amide bonds. The molecule has 0 spiro atoms. The number of nitrogens with one attached hydrogen (secondary N) is 2. The second-order valence-electron chi connectivity index (χ2n) is 3.99. The molecule has 1 heterocycles. The van der Waals surface area contributed by atoms with Crippen LogP contribution in [0.2, 0.25) is 0 Å². The molecule has 0 unspecified atom stereocenters.